The van der Waals surface area contributed by atoms with Gasteiger partial charge in [-0.25, -0.2) is 4.98 Å². The van der Waals surface area contributed by atoms with E-state index in [0.29, 0.717) is 24.6 Å². The van der Waals surface area contributed by atoms with Crippen molar-refractivity contribution in [2.75, 3.05) is 31.1 Å². The Balaban J connectivity index is 1.33. The quantitative estimate of drug-likeness (QED) is 0.720. The highest BCUT2D eigenvalue weighted by molar-refractivity contribution is 5.92. The van der Waals surface area contributed by atoms with Crippen molar-refractivity contribution in [1.82, 2.24) is 19.9 Å². The number of carbonyl (C=O) groups is 1. The van der Waals surface area contributed by atoms with Crippen LogP contribution in [0.4, 0.5) is 5.82 Å². The molecule has 7 nitrogen and oxygen atoms in total. The molecule has 2 aromatic heterocycles. The fourth-order valence-corrected chi connectivity index (χ4v) is 4.55. The van der Waals surface area contributed by atoms with Crippen molar-refractivity contribution in [3.63, 3.8) is 0 Å². The van der Waals surface area contributed by atoms with E-state index in [0.717, 1.165) is 43.3 Å². The van der Waals surface area contributed by atoms with Crippen molar-refractivity contribution < 1.29 is 9.90 Å². The minimum absolute atomic E-state index is 0.0543. The van der Waals surface area contributed by atoms with Crippen LogP contribution < -0.4 is 4.90 Å². The number of aliphatic hydroxyl groups excluding tert-OH is 1. The van der Waals surface area contributed by atoms with Gasteiger partial charge < -0.3 is 14.9 Å². The SMILES string of the molecule is O=C(c1cncc(N2C[C@@H](Cc3ccnc4ccccc34)[C@@H](O)C2)n1)N1CCCC1. The Kier molecular flexibility index (Phi) is 5.04. The van der Waals surface area contributed by atoms with Gasteiger partial charge in [-0.15, -0.1) is 0 Å². The molecule has 4 heterocycles. The van der Waals surface area contributed by atoms with Crippen LogP contribution in [-0.2, 0) is 6.42 Å². The Hall–Kier alpha value is -3.06. The van der Waals surface area contributed by atoms with E-state index in [-0.39, 0.29) is 11.8 Å². The molecule has 2 saturated heterocycles. The Labute approximate surface area is 175 Å². The summed E-state index contributed by atoms with van der Waals surface area (Å²) >= 11 is 0. The average molecular weight is 403 g/mol. The van der Waals surface area contributed by atoms with Crippen LogP contribution in [0, 0.1) is 5.92 Å². The number of nitrogens with zero attached hydrogens (tertiary/aromatic N) is 5. The topological polar surface area (TPSA) is 82.5 Å². The maximum atomic E-state index is 12.7. The molecule has 2 fully saturated rings. The minimum atomic E-state index is -0.461. The van der Waals surface area contributed by atoms with Gasteiger partial charge in [-0.3, -0.25) is 14.8 Å². The molecule has 2 atom stereocenters. The lowest BCUT2D eigenvalue weighted by Gasteiger charge is -2.19. The zero-order valence-electron chi connectivity index (χ0n) is 16.8. The molecule has 2 aliphatic rings. The van der Waals surface area contributed by atoms with Crippen molar-refractivity contribution >= 4 is 22.6 Å². The van der Waals surface area contributed by atoms with Crippen LogP contribution in [-0.4, -0.2) is 63.1 Å². The fourth-order valence-electron chi connectivity index (χ4n) is 4.55. The first kappa shape index (κ1) is 18.9. The van der Waals surface area contributed by atoms with E-state index >= 15 is 0 Å². The summed E-state index contributed by atoms with van der Waals surface area (Å²) in [5.74, 6) is 0.679. The molecule has 30 heavy (non-hydrogen) atoms. The Morgan fingerprint density at radius 3 is 2.80 bits per heavy atom. The van der Waals surface area contributed by atoms with E-state index in [2.05, 4.69) is 21.0 Å². The molecule has 1 amide bonds. The number of amides is 1. The average Bonchev–Trinajstić information content (AvgIpc) is 3.44. The number of fused-ring (bicyclic) bond motifs is 1. The summed E-state index contributed by atoms with van der Waals surface area (Å²) in [4.78, 5) is 29.8. The number of β-amino-alcohol motifs (C(OH)–C–C–N with tert-alkyl or cyclic N) is 1. The van der Waals surface area contributed by atoms with Crippen LogP contribution >= 0.6 is 0 Å². The highest BCUT2D eigenvalue weighted by Gasteiger charge is 2.33. The Morgan fingerprint density at radius 1 is 1.10 bits per heavy atom. The Morgan fingerprint density at radius 2 is 1.93 bits per heavy atom. The number of aromatic nitrogens is 3. The molecule has 3 aromatic rings. The second-order valence-corrected chi connectivity index (χ2v) is 8.19. The highest BCUT2D eigenvalue weighted by atomic mass is 16.3. The lowest BCUT2D eigenvalue weighted by Crippen LogP contribution is -2.29. The monoisotopic (exact) mass is 403 g/mol. The largest absolute Gasteiger partial charge is 0.391 e. The summed E-state index contributed by atoms with van der Waals surface area (Å²) in [5.41, 5.74) is 2.54. The number of para-hydroxylation sites is 1. The third kappa shape index (κ3) is 3.61. The Bertz CT molecular complexity index is 1060. The van der Waals surface area contributed by atoms with Gasteiger partial charge in [0.05, 0.1) is 24.0 Å². The molecule has 0 aliphatic carbocycles. The number of hydrogen-bond donors (Lipinski definition) is 1. The first-order chi connectivity index (χ1) is 14.7. The van der Waals surface area contributed by atoms with E-state index in [1.165, 1.54) is 11.8 Å². The predicted molar refractivity (Wildman–Crippen MR) is 114 cm³/mol. The summed E-state index contributed by atoms with van der Waals surface area (Å²) in [7, 11) is 0. The summed E-state index contributed by atoms with van der Waals surface area (Å²) in [6, 6.07) is 10.1. The molecule has 7 heteroatoms. The number of aliphatic hydroxyl groups is 1. The number of hydrogen-bond acceptors (Lipinski definition) is 6. The number of carbonyl (C=O) groups excluding carboxylic acids is 1. The molecule has 154 valence electrons. The van der Waals surface area contributed by atoms with Crippen molar-refractivity contribution in [1.29, 1.82) is 0 Å². The van der Waals surface area contributed by atoms with Gasteiger partial charge >= 0.3 is 0 Å². The van der Waals surface area contributed by atoms with Crippen LogP contribution in [0.1, 0.15) is 28.9 Å². The van der Waals surface area contributed by atoms with Crippen LogP contribution in [0.5, 0.6) is 0 Å². The zero-order chi connectivity index (χ0) is 20.5. The highest BCUT2D eigenvalue weighted by Crippen LogP contribution is 2.28. The van der Waals surface area contributed by atoms with Crippen molar-refractivity contribution in [3.05, 3.63) is 60.2 Å². The molecular weight excluding hydrogens is 378 g/mol. The van der Waals surface area contributed by atoms with Crippen molar-refractivity contribution in [2.45, 2.75) is 25.4 Å². The van der Waals surface area contributed by atoms with E-state index in [1.807, 2.05) is 40.3 Å². The molecule has 0 saturated carbocycles. The third-order valence-corrected chi connectivity index (χ3v) is 6.19. The second kappa shape index (κ2) is 7.99. The van der Waals surface area contributed by atoms with E-state index in [4.69, 9.17) is 0 Å². The number of rotatable bonds is 4. The summed E-state index contributed by atoms with van der Waals surface area (Å²) < 4.78 is 0. The lowest BCUT2D eigenvalue weighted by molar-refractivity contribution is 0.0786. The van der Waals surface area contributed by atoms with Gasteiger partial charge in [0.1, 0.15) is 11.5 Å². The third-order valence-electron chi connectivity index (χ3n) is 6.19. The van der Waals surface area contributed by atoms with Crippen molar-refractivity contribution in [3.8, 4) is 0 Å². The zero-order valence-corrected chi connectivity index (χ0v) is 16.8. The second-order valence-electron chi connectivity index (χ2n) is 8.19. The summed E-state index contributed by atoms with van der Waals surface area (Å²) in [6.07, 6.45) is 7.44. The minimum Gasteiger partial charge on any atom is -0.391 e. The molecule has 0 bridgehead atoms. The predicted octanol–water partition coefficient (Wildman–Crippen LogP) is 2.30. The number of benzene rings is 1. The maximum absolute atomic E-state index is 12.7. The van der Waals surface area contributed by atoms with Gasteiger partial charge in [0.15, 0.2) is 0 Å². The van der Waals surface area contributed by atoms with Gasteiger partial charge in [0.25, 0.3) is 5.91 Å². The fraction of sp³-hybridized carbons (Fsp3) is 0.391. The van der Waals surface area contributed by atoms with E-state index in [1.54, 1.807) is 6.20 Å². The van der Waals surface area contributed by atoms with Crippen LogP contribution in [0.3, 0.4) is 0 Å². The van der Waals surface area contributed by atoms with E-state index < -0.39 is 6.10 Å². The molecule has 0 radical (unpaired) electrons. The van der Waals surface area contributed by atoms with Gasteiger partial charge in [-0.05, 0) is 37.0 Å². The van der Waals surface area contributed by atoms with Gasteiger partial charge in [0, 0.05) is 43.7 Å². The normalized spacial score (nSPS) is 21.5. The van der Waals surface area contributed by atoms with Crippen LogP contribution in [0.2, 0.25) is 0 Å². The number of anilines is 1. The first-order valence-corrected chi connectivity index (χ1v) is 10.6. The molecule has 0 spiro atoms. The van der Waals surface area contributed by atoms with E-state index in [9.17, 15) is 9.90 Å². The molecule has 1 N–H and O–H groups in total. The smallest absolute Gasteiger partial charge is 0.274 e. The van der Waals surface area contributed by atoms with Crippen LogP contribution in [0.25, 0.3) is 10.9 Å². The van der Waals surface area contributed by atoms with Gasteiger partial charge in [-0.1, -0.05) is 18.2 Å². The first-order valence-electron chi connectivity index (χ1n) is 10.6. The summed E-state index contributed by atoms with van der Waals surface area (Å²) in [6.45, 7) is 2.74. The van der Waals surface area contributed by atoms with Gasteiger partial charge in [-0.2, -0.15) is 0 Å². The van der Waals surface area contributed by atoms with Gasteiger partial charge in [0.2, 0.25) is 0 Å². The maximum Gasteiger partial charge on any atom is 0.274 e. The summed E-state index contributed by atoms with van der Waals surface area (Å²) in [5, 5.41) is 11.9. The lowest BCUT2D eigenvalue weighted by atomic mass is 9.94. The number of pyridine rings is 1. The number of likely N-dealkylation sites (tertiary alicyclic amines) is 1. The standard InChI is InChI=1S/C23H25N5O2/c29-21-15-28(22-13-24-12-20(26-22)23(30)27-9-3-4-10-27)14-17(21)11-16-7-8-25-19-6-2-1-5-18(16)19/h1-2,5-8,12-13,17,21,29H,3-4,9-11,14-15H2/t17-,21+/m1/s1. The van der Waals surface area contributed by atoms with Crippen molar-refractivity contribution in [2.24, 2.45) is 5.92 Å². The van der Waals surface area contributed by atoms with Crippen LogP contribution in [0.15, 0.2) is 48.9 Å². The molecular formula is C23H25N5O2. The molecule has 0 unspecified atom stereocenters. The molecule has 2 aliphatic heterocycles. The molecule has 5 rings (SSSR count). The molecule has 1 aromatic carbocycles.